The molecule has 0 aliphatic rings. The van der Waals surface area contributed by atoms with E-state index in [1.807, 2.05) is 60.7 Å². The van der Waals surface area contributed by atoms with Crippen molar-refractivity contribution in [2.24, 2.45) is 0 Å². The zero-order chi connectivity index (χ0) is 19.6. The fourth-order valence-electron chi connectivity index (χ4n) is 4.67. The first-order valence-corrected chi connectivity index (χ1v) is 9.83. The van der Waals surface area contributed by atoms with Crippen LogP contribution in [0.15, 0.2) is 84.9 Å². The van der Waals surface area contributed by atoms with Crippen LogP contribution in [-0.2, 0) is 5.67 Å². The number of rotatable bonds is 2. The van der Waals surface area contributed by atoms with Gasteiger partial charge in [-0.1, -0.05) is 72.8 Å². The summed E-state index contributed by atoms with van der Waals surface area (Å²) in [4.78, 5) is 6.89. The molecule has 0 fully saturated rings. The lowest BCUT2D eigenvalue weighted by molar-refractivity contribution is 0.255. The minimum Gasteiger partial charge on any atom is -0.354 e. The molecule has 140 valence electrons. The summed E-state index contributed by atoms with van der Waals surface area (Å²) >= 11 is 0. The van der Waals surface area contributed by atoms with Gasteiger partial charge in [-0.25, -0.2) is 4.39 Å². The number of aromatic amines is 2. The molecule has 2 aromatic heterocycles. The Morgan fingerprint density at radius 3 is 1.45 bits per heavy atom. The number of aromatic nitrogens is 2. The van der Waals surface area contributed by atoms with Gasteiger partial charge in [0, 0.05) is 43.7 Å². The lowest BCUT2D eigenvalue weighted by Gasteiger charge is -2.23. The first-order valence-electron chi connectivity index (χ1n) is 9.83. The highest BCUT2D eigenvalue weighted by Crippen LogP contribution is 2.42. The van der Waals surface area contributed by atoms with E-state index in [-0.39, 0.29) is 0 Å². The summed E-state index contributed by atoms with van der Waals surface area (Å²) in [6.07, 6.45) is 0. The molecule has 0 bridgehead atoms. The van der Waals surface area contributed by atoms with Crippen LogP contribution in [0.3, 0.4) is 0 Å². The molecular formula is C26H19FN2. The van der Waals surface area contributed by atoms with Gasteiger partial charge < -0.3 is 9.97 Å². The van der Waals surface area contributed by atoms with Gasteiger partial charge in [0.25, 0.3) is 0 Å². The number of hydrogen-bond donors (Lipinski definition) is 2. The van der Waals surface area contributed by atoms with Crippen molar-refractivity contribution >= 4 is 43.6 Å². The number of alkyl halides is 1. The summed E-state index contributed by atoms with van der Waals surface area (Å²) in [5, 5.41) is 4.32. The van der Waals surface area contributed by atoms with Gasteiger partial charge in [0.2, 0.25) is 0 Å². The standard InChI is InChI=1S/C26H19FN2/c1-26(27,20-12-6-10-18-16-8-2-4-14-22(16)28-24(18)20)21-13-7-11-19-17-9-3-5-15-23(17)29-25(19)21/h2-15,28-29H,1H3. The van der Waals surface area contributed by atoms with Crippen LogP contribution in [0.25, 0.3) is 43.6 Å². The monoisotopic (exact) mass is 378 g/mol. The zero-order valence-electron chi connectivity index (χ0n) is 16.0. The molecule has 4 aromatic carbocycles. The van der Waals surface area contributed by atoms with Crippen molar-refractivity contribution in [1.82, 2.24) is 9.97 Å². The fraction of sp³-hybridized carbons (Fsp3) is 0.0769. The second-order valence-corrected chi connectivity index (χ2v) is 7.80. The van der Waals surface area contributed by atoms with E-state index in [2.05, 4.69) is 34.2 Å². The van der Waals surface area contributed by atoms with Crippen LogP contribution in [0.1, 0.15) is 18.1 Å². The second kappa shape index (κ2) is 5.71. The van der Waals surface area contributed by atoms with Gasteiger partial charge in [-0.05, 0) is 19.1 Å². The highest BCUT2D eigenvalue weighted by Gasteiger charge is 2.33. The quantitative estimate of drug-likeness (QED) is 0.320. The predicted octanol–water partition coefficient (Wildman–Crippen LogP) is 7.19. The molecule has 0 saturated heterocycles. The van der Waals surface area contributed by atoms with Crippen LogP contribution in [0.2, 0.25) is 0 Å². The molecule has 2 heterocycles. The van der Waals surface area contributed by atoms with E-state index in [0.717, 1.165) is 43.6 Å². The van der Waals surface area contributed by atoms with Crippen LogP contribution in [0.4, 0.5) is 4.39 Å². The molecule has 29 heavy (non-hydrogen) atoms. The highest BCUT2D eigenvalue weighted by atomic mass is 19.1. The number of fused-ring (bicyclic) bond motifs is 6. The third-order valence-corrected chi connectivity index (χ3v) is 6.09. The van der Waals surface area contributed by atoms with Crippen LogP contribution in [0, 0.1) is 0 Å². The van der Waals surface area contributed by atoms with Crippen LogP contribution in [-0.4, -0.2) is 9.97 Å². The summed E-state index contributed by atoms with van der Waals surface area (Å²) in [6, 6.07) is 28.0. The Balaban J connectivity index is 1.67. The highest BCUT2D eigenvalue weighted by molar-refractivity contribution is 6.10. The third kappa shape index (κ3) is 2.21. The van der Waals surface area contributed by atoms with Crippen molar-refractivity contribution < 1.29 is 4.39 Å². The van der Waals surface area contributed by atoms with Crippen molar-refractivity contribution in [1.29, 1.82) is 0 Å². The number of H-pyrrole nitrogens is 2. The normalized spacial score (nSPS) is 12.5. The minimum absolute atomic E-state index is 0.650. The Labute approximate surface area is 167 Å². The van der Waals surface area contributed by atoms with E-state index in [4.69, 9.17) is 0 Å². The van der Waals surface area contributed by atoms with E-state index in [1.54, 1.807) is 6.92 Å². The molecule has 0 spiro atoms. The Bertz CT molecular complexity index is 1420. The van der Waals surface area contributed by atoms with Gasteiger partial charge >= 0.3 is 0 Å². The minimum atomic E-state index is -1.67. The molecule has 0 amide bonds. The van der Waals surface area contributed by atoms with Gasteiger partial charge in [-0.2, -0.15) is 0 Å². The van der Waals surface area contributed by atoms with Crippen molar-refractivity contribution in [3.05, 3.63) is 96.1 Å². The Morgan fingerprint density at radius 2 is 0.966 bits per heavy atom. The smallest absolute Gasteiger partial charge is 0.162 e. The topological polar surface area (TPSA) is 31.6 Å². The van der Waals surface area contributed by atoms with Crippen LogP contribution >= 0.6 is 0 Å². The third-order valence-electron chi connectivity index (χ3n) is 6.09. The average molecular weight is 378 g/mol. The van der Waals surface area contributed by atoms with E-state index >= 15 is 4.39 Å². The Hall–Kier alpha value is -3.59. The number of benzene rings is 4. The Morgan fingerprint density at radius 1 is 0.552 bits per heavy atom. The van der Waals surface area contributed by atoms with E-state index in [9.17, 15) is 0 Å². The molecule has 6 aromatic rings. The van der Waals surface area contributed by atoms with Crippen molar-refractivity contribution in [2.45, 2.75) is 12.6 Å². The van der Waals surface area contributed by atoms with Crippen molar-refractivity contribution in [3.63, 3.8) is 0 Å². The first kappa shape index (κ1) is 16.4. The Kier molecular flexibility index (Phi) is 3.22. The largest absolute Gasteiger partial charge is 0.354 e. The lowest BCUT2D eigenvalue weighted by atomic mass is 9.87. The molecule has 0 aliphatic heterocycles. The van der Waals surface area contributed by atoms with Crippen LogP contribution in [0.5, 0.6) is 0 Å². The van der Waals surface area contributed by atoms with E-state index in [1.165, 1.54) is 0 Å². The summed E-state index contributed by atoms with van der Waals surface area (Å²) in [6.45, 7) is 1.66. The molecule has 2 N–H and O–H groups in total. The van der Waals surface area contributed by atoms with Crippen molar-refractivity contribution in [3.8, 4) is 0 Å². The first-order chi connectivity index (χ1) is 14.1. The van der Waals surface area contributed by atoms with E-state index < -0.39 is 5.67 Å². The maximum Gasteiger partial charge on any atom is 0.162 e. The van der Waals surface area contributed by atoms with Crippen LogP contribution < -0.4 is 0 Å². The average Bonchev–Trinajstić information content (AvgIpc) is 3.31. The van der Waals surface area contributed by atoms with Gasteiger partial charge in [-0.15, -0.1) is 0 Å². The second-order valence-electron chi connectivity index (χ2n) is 7.80. The summed E-state index contributed by atoms with van der Waals surface area (Å²) in [7, 11) is 0. The van der Waals surface area contributed by atoms with Gasteiger partial charge in [0.1, 0.15) is 0 Å². The number of halogens is 1. The molecule has 0 unspecified atom stereocenters. The van der Waals surface area contributed by atoms with Gasteiger partial charge in [0.05, 0.1) is 11.0 Å². The maximum absolute atomic E-state index is 16.6. The molecule has 0 saturated carbocycles. The summed E-state index contributed by atoms with van der Waals surface area (Å²) < 4.78 is 16.6. The molecule has 0 atom stereocenters. The molecule has 3 heteroatoms. The maximum atomic E-state index is 16.6. The van der Waals surface area contributed by atoms with E-state index in [0.29, 0.717) is 11.1 Å². The summed E-state index contributed by atoms with van der Waals surface area (Å²) in [5.74, 6) is 0. The SMILES string of the molecule is CC(F)(c1cccc2c1[nH]c1ccccc12)c1cccc2c1[nH]c1ccccc12. The molecular weight excluding hydrogens is 359 g/mol. The fourth-order valence-corrected chi connectivity index (χ4v) is 4.67. The van der Waals surface area contributed by atoms with Gasteiger partial charge in [0.15, 0.2) is 5.67 Å². The number of hydrogen-bond acceptors (Lipinski definition) is 0. The number of para-hydroxylation sites is 4. The molecule has 0 radical (unpaired) electrons. The molecule has 6 rings (SSSR count). The van der Waals surface area contributed by atoms with Crippen molar-refractivity contribution in [2.75, 3.05) is 0 Å². The number of nitrogens with one attached hydrogen (secondary N) is 2. The lowest BCUT2D eigenvalue weighted by Crippen LogP contribution is -2.18. The molecule has 0 aliphatic carbocycles. The predicted molar refractivity (Wildman–Crippen MR) is 119 cm³/mol. The summed E-state index contributed by atoms with van der Waals surface area (Å²) in [5.41, 5.74) is 3.39. The van der Waals surface area contributed by atoms with Gasteiger partial charge in [-0.3, -0.25) is 0 Å². The molecule has 2 nitrogen and oxygen atoms in total. The zero-order valence-corrected chi connectivity index (χ0v) is 16.0.